The third-order valence-corrected chi connectivity index (χ3v) is 2.94. The molecule has 1 N–H and O–H groups in total. The number of unbranched alkanes of at least 4 members (excludes halogenated alkanes) is 1. The SMILES string of the molecule is CCCCC(=O)NSc1ccc(OC(F)(F)F)cc1. The van der Waals surface area contributed by atoms with Crippen molar-refractivity contribution < 1.29 is 22.7 Å². The number of carbonyl (C=O) groups is 1. The molecule has 7 heteroatoms. The molecule has 3 nitrogen and oxygen atoms in total. The van der Waals surface area contributed by atoms with Crippen molar-refractivity contribution in [3.05, 3.63) is 24.3 Å². The Morgan fingerprint density at radius 1 is 1.32 bits per heavy atom. The Labute approximate surface area is 113 Å². The van der Waals surface area contributed by atoms with Gasteiger partial charge in [0, 0.05) is 11.3 Å². The minimum atomic E-state index is -4.69. The van der Waals surface area contributed by atoms with Crippen molar-refractivity contribution in [1.82, 2.24) is 4.72 Å². The number of nitrogens with one attached hydrogen (secondary N) is 1. The molecule has 0 aliphatic heterocycles. The number of amides is 1. The molecule has 0 bridgehead atoms. The maximum Gasteiger partial charge on any atom is 0.573 e. The minimum absolute atomic E-state index is 0.0949. The molecule has 0 atom stereocenters. The lowest BCUT2D eigenvalue weighted by atomic mass is 10.2. The Hall–Kier alpha value is -1.37. The normalized spacial score (nSPS) is 11.2. The molecular weight excluding hydrogens is 279 g/mol. The van der Waals surface area contributed by atoms with Crippen LogP contribution in [0.25, 0.3) is 0 Å². The number of ether oxygens (including phenoxy) is 1. The smallest absolute Gasteiger partial charge is 0.406 e. The van der Waals surface area contributed by atoms with Crippen LogP contribution in [0.5, 0.6) is 5.75 Å². The van der Waals surface area contributed by atoms with Gasteiger partial charge in [0.2, 0.25) is 5.91 Å². The van der Waals surface area contributed by atoms with E-state index in [0.29, 0.717) is 11.3 Å². The van der Waals surface area contributed by atoms with Crippen LogP contribution < -0.4 is 9.46 Å². The monoisotopic (exact) mass is 293 g/mol. The first-order valence-electron chi connectivity index (χ1n) is 5.72. The van der Waals surface area contributed by atoms with Crippen LogP contribution in [-0.4, -0.2) is 12.3 Å². The molecule has 1 aromatic rings. The standard InChI is InChI=1S/C12H14F3NO2S/c1-2-3-4-11(17)16-19-10-7-5-9(6-8-10)18-12(13,14)15/h5-8H,2-4H2,1H3,(H,16,17). The Morgan fingerprint density at radius 3 is 2.47 bits per heavy atom. The predicted molar refractivity (Wildman–Crippen MR) is 66.6 cm³/mol. The van der Waals surface area contributed by atoms with Crippen LogP contribution in [0.4, 0.5) is 13.2 Å². The van der Waals surface area contributed by atoms with E-state index in [1.54, 1.807) is 0 Å². The Kier molecular flexibility index (Phi) is 6.01. The summed E-state index contributed by atoms with van der Waals surface area (Å²) in [6.45, 7) is 1.99. The highest BCUT2D eigenvalue weighted by atomic mass is 32.2. The number of carbonyl (C=O) groups excluding carboxylic acids is 1. The molecule has 0 heterocycles. The van der Waals surface area contributed by atoms with Crippen LogP contribution in [0.2, 0.25) is 0 Å². The van der Waals surface area contributed by atoms with E-state index in [9.17, 15) is 18.0 Å². The second kappa shape index (κ2) is 7.28. The zero-order chi connectivity index (χ0) is 14.3. The fourth-order valence-corrected chi connectivity index (χ4v) is 1.82. The van der Waals surface area contributed by atoms with Gasteiger partial charge in [0.15, 0.2) is 0 Å². The zero-order valence-corrected chi connectivity index (χ0v) is 11.1. The number of rotatable bonds is 6. The first-order valence-corrected chi connectivity index (χ1v) is 6.54. The van der Waals surface area contributed by atoms with Gasteiger partial charge in [-0.05, 0) is 42.6 Å². The fourth-order valence-electron chi connectivity index (χ4n) is 1.21. The highest BCUT2D eigenvalue weighted by Crippen LogP contribution is 2.25. The highest BCUT2D eigenvalue weighted by molar-refractivity contribution is 7.98. The second-order valence-corrected chi connectivity index (χ2v) is 4.63. The lowest BCUT2D eigenvalue weighted by Crippen LogP contribution is -2.17. The molecule has 1 amide bonds. The number of hydrogen-bond donors (Lipinski definition) is 1. The quantitative estimate of drug-likeness (QED) is 0.808. The van der Waals surface area contributed by atoms with Crippen molar-refractivity contribution >= 4 is 17.9 Å². The lowest BCUT2D eigenvalue weighted by molar-refractivity contribution is -0.274. The Balaban J connectivity index is 2.42. The maximum absolute atomic E-state index is 11.9. The number of halogens is 3. The summed E-state index contributed by atoms with van der Waals surface area (Å²) >= 11 is 1.07. The third kappa shape index (κ3) is 6.95. The summed E-state index contributed by atoms with van der Waals surface area (Å²) in [4.78, 5) is 12.0. The first-order chi connectivity index (χ1) is 8.90. The van der Waals surface area contributed by atoms with E-state index in [1.807, 2.05) is 6.92 Å². The van der Waals surface area contributed by atoms with E-state index in [-0.39, 0.29) is 11.7 Å². The van der Waals surface area contributed by atoms with E-state index >= 15 is 0 Å². The van der Waals surface area contributed by atoms with Crippen LogP contribution in [0, 0.1) is 0 Å². The summed E-state index contributed by atoms with van der Waals surface area (Å²) in [6.07, 6.45) is -2.51. The van der Waals surface area contributed by atoms with Crippen LogP contribution >= 0.6 is 11.9 Å². The molecule has 1 aromatic carbocycles. The molecular formula is C12H14F3NO2S. The largest absolute Gasteiger partial charge is 0.573 e. The van der Waals surface area contributed by atoms with Gasteiger partial charge in [0.25, 0.3) is 0 Å². The van der Waals surface area contributed by atoms with Crippen molar-refractivity contribution in [2.24, 2.45) is 0 Å². The van der Waals surface area contributed by atoms with Crippen LogP contribution in [0.3, 0.4) is 0 Å². The molecule has 106 valence electrons. The highest BCUT2D eigenvalue weighted by Gasteiger charge is 2.30. The number of alkyl halides is 3. The van der Waals surface area contributed by atoms with E-state index < -0.39 is 6.36 Å². The van der Waals surface area contributed by atoms with Gasteiger partial charge in [-0.3, -0.25) is 9.52 Å². The molecule has 0 aliphatic carbocycles. The van der Waals surface area contributed by atoms with Crippen LogP contribution in [-0.2, 0) is 4.79 Å². The molecule has 0 spiro atoms. The summed E-state index contributed by atoms with van der Waals surface area (Å²) in [5.41, 5.74) is 0. The van der Waals surface area contributed by atoms with E-state index in [0.717, 1.165) is 24.8 Å². The van der Waals surface area contributed by atoms with Crippen molar-refractivity contribution in [2.45, 2.75) is 37.4 Å². The Morgan fingerprint density at radius 2 is 1.95 bits per heavy atom. The third-order valence-electron chi connectivity index (χ3n) is 2.10. The van der Waals surface area contributed by atoms with Crippen molar-refractivity contribution in [3.8, 4) is 5.75 Å². The van der Waals surface area contributed by atoms with Crippen LogP contribution in [0.15, 0.2) is 29.2 Å². The molecule has 19 heavy (non-hydrogen) atoms. The van der Waals surface area contributed by atoms with Crippen molar-refractivity contribution in [3.63, 3.8) is 0 Å². The topological polar surface area (TPSA) is 38.3 Å². The Bertz CT molecular complexity index is 406. The van der Waals surface area contributed by atoms with E-state index in [1.165, 1.54) is 24.3 Å². The molecule has 0 radical (unpaired) electrons. The van der Waals surface area contributed by atoms with Crippen LogP contribution in [0.1, 0.15) is 26.2 Å². The minimum Gasteiger partial charge on any atom is -0.406 e. The molecule has 0 saturated carbocycles. The summed E-state index contributed by atoms with van der Waals surface area (Å²) < 4.78 is 42.1. The summed E-state index contributed by atoms with van der Waals surface area (Å²) in [6, 6.07) is 5.31. The van der Waals surface area contributed by atoms with Gasteiger partial charge in [0.1, 0.15) is 5.75 Å². The molecule has 0 aliphatic rings. The molecule has 1 rings (SSSR count). The molecule has 0 aromatic heterocycles. The van der Waals surface area contributed by atoms with Gasteiger partial charge in [-0.15, -0.1) is 13.2 Å². The lowest BCUT2D eigenvalue weighted by Gasteiger charge is -2.09. The average Bonchev–Trinajstić information content (AvgIpc) is 2.33. The zero-order valence-electron chi connectivity index (χ0n) is 10.3. The van der Waals surface area contributed by atoms with Gasteiger partial charge >= 0.3 is 6.36 Å². The number of hydrogen-bond acceptors (Lipinski definition) is 3. The molecule has 0 saturated heterocycles. The maximum atomic E-state index is 11.9. The van der Waals surface area contributed by atoms with Gasteiger partial charge < -0.3 is 4.74 Å². The second-order valence-electron chi connectivity index (χ2n) is 3.75. The summed E-state index contributed by atoms with van der Waals surface area (Å²) in [7, 11) is 0. The van der Waals surface area contributed by atoms with E-state index in [2.05, 4.69) is 9.46 Å². The van der Waals surface area contributed by atoms with Gasteiger partial charge in [-0.1, -0.05) is 13.3 Å². The summed E-state index contributed by atoms with van der Waals surface area (Å²) in [5.74, 6) is -0.378. The predicted octanol–water partition coefficient (Wildman–Crippen LogP) is 3.90. The first kappa shape index (κ1) is 15.7. The van der Waals surface area contributed by atoms with Crippen molar-refractivity contribution in [1.29, 1.82) is 0 Å². The van der Waals surface area contributed by atoms with Gasteiger partial charge in [-0.2, -0.15) is 0 Å². The number of benzene rings is 1. The average molecular weight is 293 g/mol. The molecule has 0 unspecified atom stereocenters. The summed E-state index contributed by atoms with van der Waals surface area (Å²) in [5, 5.41) is 0. The van der Waals surface area contributed by atoms with Gasteiger partial charge in [0.05, 0.1) is 0 Å². The van der Waals surface area contributed by atoms with Gasteiger partial charge in [-0.25, -0.2) is 0 Å². The van der Waals surface area contributed by atoms with Crippen molar-refractivity contribution in [2.75, 3.05) is 0 Å². The molecule has 0 fully saturated rings. The fraction of sp³-hybridized carbons (Fsp3) is 0.417. The van der Waals surface area contributed by atoms with E-state index in [4.69, 9.17) is 0 Å².